The lowest BCUT2D eigenvalue weighted by molar-refractivity contribution is 0.372. The van der Waals surface area contributed by atoms with Gasteiger partial charge in [-0.1, -0.05) is 37.1 Å². The third-order valence-corrected chi connectivity index (χ3v) is 4.47. The van der Waals surface area contributed by atoms with Gasteiger partial charge in [-0.25, -0.2) is 0 Å². The van der Waals surface area contributed by atoms with Crippen LogP contribution in [0, 0.1) is 6.92 Å². The highest BCUT2D eigenvalue weighted by Crippen LogP contribution is 2.29. The van der Waals surface area contributed by atoms with Crippen molar-refractivity contribution in [3.05, 3.63) is 30.0 Å². The molecular formula is C16H22N4. The zero-order valence-electron chi connectivity index (χ0n) is 12.2. The molecule has 20 heavy (non-hydrogen) atoms. The van der Waals surface area contributed by atoms with Crippen molar-refractivity contribution in [3.8, 4) is 0 Å². The molecule has 0 amide bonds. The molecule has 1 aromatic heterocycles. The van der Waals surface area contributed by atoms with Gasteiger partial charge in [0, 0.05) is 29.9 Å². The van der Waals surface area contributed by atoms with E-state index in [0.29, 0.717) is 6.04 Å². The van der Waals surface area contributed by atoms with Crippen LogP contribution in [0.1, 0.15) is 31.4 Å². The van der Waals surface area contributed by atoms with Crippen LogP contribution in [0.3, 0.4) is 0 Å². The molecule has 1 fully saturated rings. The molecule has 4 heteroatoms. The molecule has 1 aromatic carbocycles. The molecular weight excluding hydrogens is 248 g/mol. The van der Waals surface area contributed by atoms with Gasteiger partial charge in [0.25, 0.3) is 0 Å². The Hall–Kier alpha value is -1.68. The van der Waals surface area contributed by atoms with Gasteiger partial charge in [-0.15, -0.1) is 5.10 Å². The fourth-order valence-electron chi connectivity index (χ4n) is 3.26. The van der Waals surface area contributed by atoms with Crippen molar-refractivity contribution in [1.29, 1.82) is 0 Å². The van der Waals surface area contributed by atoms with Crippen LogP contribution in [0.15, 0.2) is 24.3 Å². The second-order valence-electron chi connectivity index (χ2n) is 5.78. The summed E-state index contributed by atoms with van der Waals surface area (Å²) in [6.07, 6.45) is 4.74. The predicted octanol–water partition coefficient (Wildman–Crippen LogP) is 2.64. The summed E-state index contributed by atoms with van der Waals surface area (Å²) in [6.45, 7) is 2.01. The predicted molar refractivity (Wildman–Crippen MR) is 82.9 cm³/mol. The summed E-state index contributed by atoms with van der Waals surface area (Å²) < 4.78 is 0. The summed E-state index contributed by atoms with van der Waals surface area (Å²) >= 11 is 0. The Labute approximate surface area is 120 Å². The SMILES string of the molecule is Cc1nnc(N(C)C2CCCCC2N)c2ccccc12. The largest absolute Gasteiger partial charge is 0.353 e. The maximum Gasteiger partial charge on any atom is 0.159 e. The summed E-state index contributed by atoms with van der Waals surface area (Å²) in [5.41, 5.74) is 7.28. The number of benzene rings is 1. The molecule has 1 saturated carbocycles. The number of aryl methyl sites for hydroxylation is 1. The molecule has 2 N–H and O–H groups in total. The zero-order chi connectivity index (χ0) is 14.1. The minimum Gasteiger partial charge on any atom is -0.353 e. The van der Waals surface area contributed by atoms with Crippen LogP contribution in [0.2, 0.25) is 0 Å². The van der Waals surface area contributed by atoms with E-state index in [-0.39, 0.29) is 6.04 Å². The van der Waals surface area contributed by atoms with Crippen molar-refractivity contribution >= 4 is 16.6 Å². The maximum absolute atomic E-state index is 6.30. The molecule has 1 aliphatic rings. The molecule has 106 valence electrons. The molecule has 1 aliphatic carbocycles. The van der Waals surface area contributed by atoms with E-state index in [9.17, 15) is 0 Å². The Balaban J connectivity index is 2.03. The average Bonchev–Trinajstić information content (AvgIpc) is 2.48. The van der Waals surface area contributed by atoms with E-state index >= 15 is 0 Å². The van der Waals surface area contributed by atoms with Crippen LogP contribution in [0.4, 0.5) is 5.82 Å². The molecule has 1 heterocycles. The lowest BCUT2D eigenvalue weighted by atomic mass is 9.90. The summed E-state index contributed by atoms with van der Waals surface area (Å²) in [5.74, 6) is 0.952. The third-order valence-electron chi connectivity index (χ3n) is 4.47. The van der Waals surface area contributed by atoms with Gasteiger partial charge in [0.2, 0.25) is 0 Å². The molecule has 4 nitrogen and oxygen atoms in total. The quantitative estimate of drug-likeness (QED) is 0.911. The second kappa shape index (κ2) is 5.37. The number of nitrogens with zero attached hydrogens (tertiary/aromatic N) is 3. The van der Waals surface area contributed by atoms with Crippen molar-refractivity contribution in [3.63, 3.8) is 0 Å². The van der Waals surface area contributed by atoms with Crippen LogP contribution < -0.4 is 10.6 Å². The molecule has 0 aliphatic heterocycles. The fraction of sp³-hybridized carbons (Fsp3) is 0.500. The van der Waals surface area contributed by atoms with Crippen molar-refractivity contribution in [1.82, 2.24) is 10.2 Å². The summed E-state index contributed by atoms with van der Waals surface area (Å²) in [5, 5.41) is 11.1. The first-order valence-corrected chi connectivity index (χ1v) is 7.39. The number of hydrogen-bond acceptors (Lipinski definition) is 4. The monoisotopic (exact) mass is 270 g/mol. The number of hydrogen-bond donors (Lipinski definition) is 1. The molecule has 0 saturated heterocycles. The maximum atomic E-state index is 6.30. The first-order valence-electron chi connectivity index (χ1n) is 7.39. The molecule has 0 radical (unpaired) electrons. The van der Waals surface area contributed by atoms with Gasteiger partial charge >= 0.3 is 0 Å². The van der Waals surface area contributed by atoms with Gasteiger partial charge in [-0.3, -0.25) is 0 Å². The van der Waals surface area contributed by atoms with Crippen LogP contribution in [0.25, 0.3) is 10.8 Å². The summed E-state index contributed by atoms with van der Waals surface area (Å²) in [6, 6.07) is 8.93. The normalized spacial score (nSPS) is 22.9. The Kier molecular flexibility index (Phi) is 3.57. The zero-order valence-corrected chi connectivity index (χ0v) is 12.2. The number of likely N-dealkylation sites (N-methyl/N-ethyl adjacent to an activating group) is 1. The third kappa shape index (κ3) is 2.24. The lowest BCUT2D eigenvalue weighted by Gasteiger charge is -2.36. The lowest BCUT2D eigenvalue weighted by Crippen LogP contribution is -2.48. The van der Waals surface area contributed by atoms with Crippen LogP contribution in [-0.2, 0) is 0 Å². The Bertz CT molecular complexity index is 610. The first kappa shape index (κ1) is 13.3. The van der Waals surface area contributed by atoms with Gasteiger partial charge in [0.05, 0.1) is 5.69 Å². The molecule has 3 rings (SSSR count). The highest BCUT2D eigenvalue weighted by molar-refractivity contribution is 5.93. The number of rotatable bonds is 2. The number of aromatic nitrogens is 2. The van der Waals surface area contributed by atoms with Gasteiger partial charge in [-0.05, 0) is 19.8 Å². The van der Waals surface area contributed by atoms with Gasteiger partial charge in [-0.2, -0.15) is 5.10 Å². The topological polar surface area (TPSA) is 55.0 Å². The molecule has 2 aromatic rings. The van der Waals surface area contributed by atoms with Crippen LogP contribution in [-0.4, -0.2) is 29.3 Å². The molecule has 0 bridgehead atoms. The van der Waals surface area contributed by atoms with Crippen LogP contribution >= 0.6 is 0 Å². The summed E-state index contributed by atoms with van der Waals surface area (Å²) in [4.78, 5) is 2.23. The van der Waals surface area contributed by atoms with Gasteiger partial charge in [0.1, 0.15) is 0 Å². The first-order chi connectivity index (χ1) is 9.68. The van der Waals surface area contributed by atoms with E-state index in [1.807, 2.05) is 13.0 Å². The minimum absolute atomic E-state index is 0.232. The van der Waals surface area contributed by atoms with Gasteiger partial charge in [0.15, 0.2) is 5.82 Å². The van der Waals surface area contributed by atoms with E-state index in [1.165, 1.54) is 23.6 Å². The highest BCUT2D eigenvalue weighted by Gasteiger charge is 2.27. The second-order valence-corrected chi connectivity index (χ2v) is 5.78. The van der Waals surface area contributed by atoms with E-state index in [4.69, 9.17) is 5.73 Å². The van der Waals surface area contributed by atoms with Crippen molar-refractivity contribution < 1.29 is 0 Å². The number of fused-ring (bicyclic) bond motifs is 1. The van der Waals surface area contributed by atoms with Gasteiger partial charge < -0.3 is 10.6 Å². The van der Waals surface area contributed by atoms with E-state index in [1.54, 1.807) is 0 Å². The van der Waals surface area contributed by atoms with E-state index in [0.717, 1.165) is 24.4 Å². The Morgan fingerprint density at radius 2 is 1.80 bits per heavy atom. The fourth-order valence-corrected chi connectivity index (χ4v) is 3.26. The average molecular weight is 270 g/mol. The van der Waals surface area contributed by atoms with E-state index < -0.39 is 0 Å². The smallest absolute Gasteiger partial charge is 0.159 e. The number of anilines is 1. The summed E-state index contributed by atoms with van der Waals surface area (Å²) in [7, 11) is 2.10. The number of nitrogens with two attached hydrogens (primary N) is 1. The van der Waals surface area contributed by atoms with Crippen molar-refractivity contribution in [2.75, 3.05) is 11.9 Å². The molecule has 0 spiro atoms. The standard InChI is InChI=1S/C16H22N4/c1-11-12-7-3-4-8-13(12)16(19-18-11)20(2)15-10-6-5-9-14(15)17/h3-4,7-8,14-15H,5-6,9-10,17H2,1-2H3. The molecule has 2 unspecified atom stereocenters. The van der Waals surface area contributed by atoms with Crippen molar-refractivity contribution in [2.24, 2.45) is 5.73 Å². The van der Waals surface area contributed by atoms with E-state index in [2.05, 4.69) is 40.3 Å². The van der Waals surface area contributed by atoms with Crippen LogP contribution in [0.5, 0.6) is 0 Å². The Morgan fingerprint density at radius 3 is 2.55 bits per heavy atom. The Morgan fingerprint density at radius 1 is 1.10 bits per heavy atom. The minimum atomic E-state index is 0.232. The highest BCUT2D eigenvalue weighted by atomic mass is 15.3. The molecule has 2 atom stereocenters. The van der Waals surface area contributed by atoms with Crippen molar-refractivity contribution in [2.45, 2.75) is 44.7 Å².